The molecule has 2 aromatic carbocycles. The quantitative estimate of drug-likeness (QED) is 0.591. The Hall–Kier alpha value is -0.980. The Morgan fingerprint density at radius 2 is 1.95 bits per heavy atom. The lowest BCUT2D eigenvalue weighted by Gasteiger charge is -2.17. The molecule has 0 fully saturated rings. The first-order valence-corrected chi connectivity index (χ1v) is 8.07. The lowest BCUT2D eigenvalue weighted by Crippen LogP contribution is -2.14. The van der Waals surface area contributed by atoms with Gasteiger partial charge in [-0.3, -0.25) is 4.98 Å². The molecule has 1 atom stereocenters. The van der Waals surface area contributed by atoms with Crippen molar-refractivity contribution in [2.45, 2.75) is 6.04 Å². The highest BCUT2D eigenvalue weighted by molar-refractivity contribution is 14.1. The first-order chi connectivity index (χ1) is 9.66. The number of pyridine rings is 1. The van der Waals surface area contributed by atoms with Crippen molar-refractivity contribution < 1.29 is 0 Å². The van der Waals surface area contributed by atoms with Crippen LogP contribution in [0.3, 0.4) is 0 Å². The van der Waals surface area contributed by atoms with E-state index in [9.17, 15) is 0 Å². The number of benzene rings is 2. The summed E-state index contributed by atoms with van der Waals surface area (Å²) in [5.41, 5.74) is 8.72. The van der Waals surface area contributed by atoms with Crippen molar-refractivity contribution in [3.8, 4) is 0 Å². The molecule has 1 unspecified atom stereocenters. The molecule has 0 radical (unpaired) electrons. The van der Waals surface area contributed by atoms with Gasteiger partial charge in [0.15, 0.2) is 0 Å². The summed E-state index contributed by atoms with van der Waals surface area (Å²) in [5.74, 6) is 0. The molecule has 1 aromatic heterocycles. The topological polar surface area (TPSA) is 38.9 Å². The van der Waals surface area contributed by atoms with Crippen molar-refractivity contribution in [2.24, 2.45) is 5.73 Å². The van der Waals surface area contributed by atoms with Gasteiger partial charge in [-0.1, -0.05) is 34.1 Å². The Balaban J connectivity index is 2.17. The summed E-state index contributed by atoms with van der Waals surface area (Å²) in [6.45, 7) is 0. The molecule has 2 N–H and O–H groups in total. The van der Waals surface area contributed by atoms with E-state index in [2.05, 4.69) is 67.8 Å². The van der Waals surface area contributed by atoms with Crippen LogP contribution in [0.1, 0.15) is 17.2 Å². The fourth-order valence-corrected chi connectivity index (χ4v) is 3.38. The summed E-state index contributed by atoms with van der Waals surface area (Å²) < 4.78 is 2.21. The van der Waals surface area contributed by atoms with E-state index < -0.39 is 0 Å². The first kappa shape index (κ1) is 14.0. The van der Waals surface area contributed by atoms with Gasteiger partial charge in [-0.15, -0.1) is 0 Å². The molecular weight excluding hydrogens is 427 g/mol. The van der Waals surface area contributed by atoms with Crippen molar-refractivity contribution in [2.75, 3.05) is 0 Å². The molecule has 0 aliphatic heterocycles. The van der Waals surface area contributed by atoms with Crippen LogP contribution in [0.4, 0.5) is 0 Å². The van der Waals surface area contributed by atoms with Crippen molar-refractivity contribution in [1.82, 2.24) is 4.98 Å². The second-order valence-electron chi connectivity index (χ2n) is 4.59. The zero-order chi connectivity index (χ0) is 14.1. The Bertz CT molecular complexity index is 768. The van der Waals surface area contributed by atoms with Crippen LogP contribution in [-0.2, 0) is 0 Å². The number of rotatable bonds is 2. The molecule has 0 saturated carbocycles. The molecule has 3 aromatic rings. The zero-order valence-corrected chi connectivity index (χ0v) is 14.3. The number of halogens is 2. The molecule has 20 heavy (non-hydrogen) atoms. The summed E-state index contributed by atoms with van der Waals surface area (Å²) in [6.07, 6.45) is 3.69. The van der Waals surface area contributed by atoms with Crippen molar-refractivity contribution in [3.63, 3.8) is 0 Å². The average Bonchev–Trinajstić information content (AvgIpc) is 2.48. The number of nitrogens with zero attached hydrogens (tertiary/aromatic N) is 1. The highest BCUT2D eigenvalue weighted by Crippen LogP contribution is 2.30. The van der Waals surface area contributed by atoms with Crippen molar-refractivity contribution in [3.05, 3.63) is 74.0 Å². The van der Waals surface area contributed by atoms with Gasteiger partial charge in [-0.25, -0.2) is 0 Å². The Labute approximate surface area is 139 Å². The summed E-state index contributed by atoms with van der Waals surface area (Å²) in [7, 11) is 0. The number of aromatic nitrogens is 1. The minimum atomic E-state index is -0.160. The fourth-order valence-electron chi connectivity index (χ4n) is 2.33. The standard InChI is InChI=1S/C16H12BrIN2/c17-11-4-5-15(18)13(8-11)16(19)12-3-1-2-10-6-7-20-9-14(10)12/h1-9,16H,19H2. The summed E-state index contributed by atoms with van der Waals surface area (Å²) >= 11 is 5.84. The van der Waals surface area contributed by atoms with Gasteiger partial charge in [0, 0.05) is 25.8 Å². The van der Waals surface area contributed by atoms with Gasteiger partial charge in [0.2, 0.25) is 0 Å². The maximum Gasteiger partial charge on any atom is 0.0569 e. The zero-order valence-electron chi connectivity index (χ0n) is 10.6. The van der Waals surface area contributed by atoms with Gasteiger partial charge in [-0.2, -0.15) is 0 Å². The van der Waals surface area contributed by atoms with Crippen LogP contribution >= 0.6 is 38.5 Å². The second-order valence-corrected chi connectivity index (χ2v) is 6.67. The van der Waals surface area contributed by atoms with Gasteiger partial charge in [0.05, 0.1) is 6.04 Å². The minimum Gasteiger partial charge on any atom is -0.320 e. The lowest BCUT2D eigenvalue weighted by molar-refractivity contribution is 0.872. The number of hydrogen-bond acceptors (Lipinski definition) is 2. The highest BCUT2D eigenvalue weighted by atomic mass is 127. The van der Waals surface area contributed by atoms with E-state index in [0.29, 0.717) is 0 Å². The molecule has 0 spiro atoms. The molecule has 2 nitrogen and oxygen atoms in total. The predicted molar refractivity (Wildman–Crippen MR) is 94.6 cm³/mol. The van der Waals surface area contributed by atoms with Gasteiger partial charge >= 0.3 is 0 Å². The Morgan fingerprint density at radius 3 is 2.80 bits per heavy atom. The molecule has 1 heterocycles. The number of hydrogen-bond donors (Lipinski definition) is 1. The van der Waals surface area contributed by atoms with Crippen LogP contribution in [-0.4, -0.2) is 4.98 Å². The molecule has 100 valence electrons. The van der Waals surface area contributed by atoms with Crippen LogP contribution in [0.25, 0.3) is 10.8 Å². The van der Waals surface area contributed by atoms with E-state index in [4.69, 9.17) is 5.73 Å². The van der Waals surface area contributed by atoms with Gasteiger partial charge in [0.25, 0.3) is 0 Å². The summed E-state index contributed by atoms with van der Waals surface area (Å²) in [6, 6.07) is 14.2. The van der Waals surface area contributed by atoms with E-state index in [1.807, 2.05) is 24.4 Å². The first-order valence-electron chi connectivity index (χ1n) is 6.20. The van der Waals surface area contributed by atoms with Gasteiger partial charge < -0.3 is 5.73 Å². The van der Waals surface area contributed by atoms with Crippen LogP contribution in [0, 0.1) is 3.57 Å². The third-order valence-corrected chi connectivity index (χ3v) is 4.82. The normalized spacial score (nSPS) is 12.6. The predicted octanol–water partition coefficient (Wildman–Crippen LogP) is 4.65. The van der Waals surface area contributed by atoms with Crippen LogP contribution in [0.15, 0.2) is 59.3 Å². The maximum atomic E-state index is 6.50. The molecule has 3 rings (SSSR count). The van der Waals surface area contributed by atoms with E-state index >= 15 is 0 Å². The Kier molecular flexibility index (Phi) is 4.05. The fraction of sp³-hybridized carbons (Fsp3) is 0.0625. The van der Waals surface area contributed by atoms with Gasteiger partial charge in [0.1, 0.15) is 0 Å². The summed E-state index contributed by atoms with van der Waals surface area (Å²) in [4.78, 5) is 4.22. The van der Waals surface area contributed by atoms with E-state index in [0.717, 1.165) is 26.4 Å². The van der Waals surface area contributed by atoms with Crippen LogP contribution in [0.5, 0.6) is 0 Å². The number of nitrogens with two attached hydrogens (primary N) is 1. The average molecular weight is 439 g/mol. The largest absolute Gasteiger partial charge is 0.320 e. The highest BCUT2D eigenvalue weighted by Gasteiger charge is 2.15. The molecular formula is C16H12BrIN2. The van der Waals surface area contributed by atoms with Crippen molar-refractivity contribution in [1.29, 1.82) is 0 Å². The molecule has 0 aliphatic rings. The van der Waals surface area contributed by atoms with E-state index in [1.54, 1.807) is 6.20 Å². The third-order valence-electron chi connectivity index (χ3n) is 3.35. The van der Waals surface area contributed by atoms with Crippen LogP contribution in [0.2, 0.25) is 0 Å². The molecule has 0 bridgehead atoms. The van der Waals surface area contributed by atoms with E-state index in [-0.39, 0.29) is 6.04 Å². The smallest absolute Gasteiger partial charge is 0.0569 e. The third kappa shape index (κ3) is 2.60. The molecule has 0 aliphatic carbocycles. The van der Waals surface area contributed by atoms with Gasteiger partial charge in [-0.05, 0) is 63.4 Å². The minimum absolute atomic E-state index is 0.160. The maximum absolute atomic E-state index is 6.50. The number of fused-ring (bicyclic) bond motifs is 1. The SMILES string of the molecule is NC(c1cc(Br)ccc1I)c1cccc2ccncc12. The lowest BCUT2D eigenvalue weighted by atomic mass is 9.95. The van der Waals surface area contributed by atoms with Crippen LogP contribution < -0.4 is 5.73 Å². The summed E-state index contributed by atoms with van der Waals surface area (Å²) in [5, 5.41) is 2.27. The van der Waals surface area contributed by atoms with Crippen molar-refractivity contribution >= 4 is 49.3 Å². The molecule has 4 heteroatoms. The van der Waals surface area contributed by atoms with E-state index in [1.165, 1.54) is 3.57 Å². The Morgan fingerprint density at radius 1 is 1.10 bits per heavy atom. The second kappa shape index (κ2) is 5.79. The monoisotopic (exact) mass is 438 g/mol. The molecule has 0 saturated heterocycles. The molecule has 0 amide bonds.